The standard InChI is InChI=1S/C17H23N3/c1-14-6-3-4-8-16(14)17(18)9-11-20(2)13-15-7-5-10-19-12-15/h3-8,10,12,17H,9,11,13,18H2,1-2H3. The Morgan fingerprint density at radius 1 is 1.20 bits per heavy atom. The van der Waals surface area contributed by atoms with Crippen molar-refractivity contribution in [2.75, 3.05) is 13.6 Å². The number of nitrogens with two attached hydrogens (primary N) is 1. The minimum atomic E-state index is 0.104. The third-order valence-electron chi connectivity index (χ3n) is 3.59. The molecule has 0 aliphatic carbocycles. The van der Waals surface area contributed by atoms with Crippen LogP contribution in [0.4, 0.5) is 0 Å². The van der Waals surface area contributed by atoms with Crippen LogP contribution in [0.5, 0.6) is 0 Å². The van der Waals surface area contributed by atoms with Gasteiger partial charge in [0.25, 0.3) is 0 Å². The van der Waals surface area contributed by atoms with Gasteiger partial charge in [-0.1, -0.05) is 30.3 Å². The Morgan fingerprint density at radius 3 is 2.70 bits per heavy atom. The minimum Gasteiger partial charge on any atom is -0.324 e. The fourth-order valence-corrected chi connectivity index (χ4v) is 2.40. The quantitative estimate of drug-likeness (QED) is 0.876. The third-order valence-corrected chi connectivity index (χ3v) is 3.59. The van der Waals surface area contributed by atoms with Crippen molar-refractivity contribution in [1.82, 2.24) is 9.88 Å². The van der Waals surface area contributed by atoms with Crippen molar-refractivity contribution < 1.29 is 0 Å². The molecule has 1 atom stereocenters. The molecule has 1 aromatic heterocycles. The highest BCUT2D eigenvalue weighted by atomic mass is 15.1. The van der Waals surface area contributed by atoms with E-state index in [-0.39, 0.29) is 6.04 Å². The molecule has 0 aliphatic rings. The summed E-state index contributed by atoms with van der Waals surface area (Å²) in [6.07, 6.45) is 4.68. The predicted molar refractivity (Wildman–Crippen MR) is 83.3 cm³/mol. The van der Waals surface area contributed by atoms with E-state index in [4.69, 9.17) is 5.73 Å². The molecule has 0 fully saturated rings. The van der Waals surface area contributed by atoms with E-state index in [9.17, 15) is 0 Å². The monoisotopic (exact) mass is 269 g/mol. The van der Waals surface area contributed by atoms with Crippen LogP contribution in [-0.2, 0) is 6.54 Å². The molecule has 0 aliphatic heterocycles. The van der Waals surface area contributed by atoms with Crippen molar-refractivity contribution in [3.63, 3.8) is 0 Å². The van der Waals surface area contributed by atoms with Gasteiger partial charge in [0.1, 0.15) is 0 Å². The first-order valence-corrected chi connectivity index (χ1v) is 7.05. The molecule has 0 radical (unpaired) electrons. The van der Waals surface area contributed by atoms with Crippen molar-refractivity contribution in [3.05, 3.63) is 65.5 Å². The maximum Gasteiger partial charge on any atom is 0.0312 e. The van der Waals surface area contributed by atoms with E-state index in [1.807, 2.05) is 12.3 Å². The smallest absolute Gasteiger partial charge is 0.0312 e. The summed E-state index contributed by atoms with van der Waals surface area (Å²) in [4.78, 5) is 6.43. The molecule has 1 unspecified atom stereocenters. The molecule has 1 aromatic carbocycles. The second-order valence-corrected chi connectivity index (χ2v) is 5.35. The molecular weight excluding hydrogens is 246 g/mol. The van der Waals surface area contributed by atoms with Gasteiger partial charge in [-0.3, -0.25) is 4.98 Å². The highest BCUT2D eigenvalue weighted by molar-refractivity contribution is 5.28. The third kappa shape index (κ3) is 4.15. The van der Waals surface area contributed by atoms with Gasteiger partial charge in [0.2, 0.25) is 0 Å². The molecule has 20 heavy (non-hydrogen) atoms. The van der Waals surface area contributed by atoms with Crippen LogP contribution in [0.1, 0.15) is 29.2 Å². The van der Waals surface area contributed by atoms with E-state index in [1.54, 1.807) is 6.20 Å². The predicted octanol–water partition coefficient (Wildman–Crippen LogP) is 2.91. The topological polar surface area (TPSA) is 42.1 Å². The highest BCUT2D eigenvalue weighted by Crippen LogP contribution is 2.18. The molecule has 0 amide bonds. The number of hydrogen-bond donors (Lipinski definition) is 1. The lowest BCUT2D eigenvalue weighted by Crippen LogP contribution is -2.23. The lowest BCUT2D eigenvalue weighted by molar-refractivity contribution is 0.311. The molecule has 0 bridgehead atoms. The van der Waals surface area contributed by atoms with Gasteiger partial charge in [0.15, 0.2) is 0 Å². The number of aromatic nitrogens is 1. The van der Waals surface area contributed by atoms with E-state index >= 15 is 0 Å². The number of benzene rings is 1. The molecule has 3 nitrogen and oxygen atoms in total. The Hall–Kier alpha value is -1.71. The van der Waals surface area contributed by atoms with Crippen molar-refractivity contribution in [3.8, 4) is 0 Å². The Kier molecular flexibility index (Phi) is 5.27. The molecule has 0 saturated heterocycles. The Balaban J connectivity index is 1.84. The molecular formula is C17H23N3. The Labute approximate surface area is 121 Å². The van der Waals surface area contributed by atoms with Crippen LogP contribution >= 0.6 is 0 Å². The van der Waals surface area contributed by atoms with Crippen molar-refractivity contribution in [2.45, 2.75) is 25.9 Å². The van der Waals surface area contributed by atoms with Gasteiger partial charge in [0.05, 0.1) is 0 Å². The summed E-state index contributed by atoms with van der Waals surface area (Å²) < 4.78 is 0. The zero-order valence-electron chi connectivity index (χ0n) is 12.3. The van der Waals surface area contributed by atoms with Crippen LogP contribution in [0.15, 0.2) is 48.8 Å². The van der Waals surface area contributed by atoms with E-state index in [2.05, 4.69) is 54.2 Å². The molecule has 3 heteroatoms. The molecule has 2 rings (SSSR count). The van der Waals surface area contributed by atoms with Crippen LogP contribution in [0.3, 0.4) is 0 Å². The summed E-state index contributed by atoms with van der Waals surface area (Å²) >= 11 is 0. The van der Waals surface area contributed by atoms with Crippen LogP contribution in [0.2, 0.25) is 0 Å². The number of pyridine rings is 1. The first kappa shape index (κ1) is 14.7. The summed E-state index contributed by atoms with van der Waals surface area (Å²) in [6, 6.07) is 12.5. The Bertz CT molecular complexity index is 525. The zero-order valence-corrected chi connectivity index (χ0v) is 12.3. The lowest BCUT2D eigenvalue weighted by Gasteiger charge is -2.20. The number of aryl methyl sites for hydroxylation is 1. The van der Waals surface area contributed by atoms with E-state index in [0.717, 1.165) is 19.5 Å². The van der Waals surface area contributed by atoms with E-state index in [0.29, 0.717) is 0 Å². The number of hydrogen-bond acceptors (Lipinski definition) is 3. The molecule has 106 valence electrons. The van der Waals surface area contributed by atoms with Gasteiger partial charge in [-0.05, 0) is 49.7 Å². The normalized spacial score (nSPS) is 12.6. The van der Waals surface area contributed by atoms with Crippen molar-refractivity contribution in [2.24, 2.45) is 5.73 Å². The van der Waals surface area contributed by atoms with Crippen LogP contribution in [0.25, 0.3) is 0 Å². The van der Waals surface area contributed by atoms with Crippen LogP contribution in [0, 0.1) is 6.92 Å². The minimum absolute atomic E-state index is 0.104. The van der Waals surface area contributed by atoms with E-state index in [1.165, 1.54) is 16.7 Å². The van der Waals surface area contributed by atoms with Crippen LogP contribution < -0.4 is 5.73 Å². The first-order valence-electron chi connectivity index (χ1n) is 7.05. The van der Waals surface area contributed by atoms with Gasteiger partial charge in [0, 0.05) is 25.0 Å². The molecule has 2 N–H and O–H groups in total. The van der Waals surface area contributed by atoms with Gasteiger partial charge < -0.3 is 10.6 Å². The lowest BCUT2D eigenvalue weighted by atomic mass is 9.99. The molecule has 0 saturated carbocycles. The second kappa shape index (κ2) is 7.17. The van der Waals surface area contributed by atoms with E-state index < -0.39 is 0 Å². The van der Waals surface area contributed by atoms with Crippen LogP contribution in [-0.4, -0.2) is 23.5 Å². The average Bonchev–Trinajstić information content (AvgIpc) is 2.46. The van der Waals surface area contributed by atoms with Gasteiger partial charge in [-0.25, -0.2) is 0 Å². The average molecular weight is 269 g/mol. The molecule has 0 spiro atoms. The zero-order chi connectivity index (χ0) is 14.4. The highest BCUT2D eigenvalue weighted by Gasteiger charge is 2.09. The van der Waals surface area contributed by atoms with Gasteiger partial charge in [-0.15, -0.1) is 0 Å². The summed E-state index contributed by atoms with van der Waals surface area (Å²) in [5.41, 5.74) is 10.1. The molecule has 1 heterocycles. The maximum absolute atomic E-state index is 6.30. The summed E-state index contributed by atoms with van der Waals surface area (Å²) in [5, 5.41) is 0. The Morgan fingerprint density at radius 2 is 2.00 bits per heavy atom. The molecule has 2 aromatic rings. The fourth-order valence-electron chi connectivity index (χ4n) is 2.40. The summed E-state index contributed by atoms with van der Waals surface area (Å²) in [5.74, 6) is 0. The fraction of sp³-hybridized carbons (Fsp3) is 0.353. The maximum atomic E-state index is 6.30. The number of nitrogens with zero attached hydrogens (tertiary/aromatic N) is 2. The largest absolute Gasteiger partial charge is 0.324 e. The second-order valence-electron chi connectivity index (χ2n) is 5.35. The van der Waals surface area contributed by atoms with Crippen molar-refractivity contribution in [1.29, 1.82) is 0 Å². The summed E-state index contributed by atoms with van der Waals surface area (Å²) in [7, 11) is 2.12. The summed E-state index contributed by atoms with van der Waals surface area (Å²) in [6.45, 7) is 4.01. The SMILES string of the molecule is Cc1ccccc1C(N)CCN(C)Cc1cccnc1. The number of rotatable bonds is 6. The first-order chi connectivity index (χ1) is 9.66. The van der Waals surface area contributed by atoms with Crippen molar-refractivity contribution >= 4 is 0 Å². The van der Waals surface area contributed by atoms with Gasteiger partial charge in [-0.2, -0.15) is 0 Å². The van der Waals surface area contributed by atoms with Gasteiger partial charge >= 0.3 is 0 Å².